The standard InChI is InChI=1S/C14H14N2O2/c1-8-3-4-10(7-9(8)2)11-5-6-16-13(15)12(11)14(17)18/h3-7H,1-2H3,(H2,15,16)(H,17,18). The van der Waals surface area contributed by atoms with Crippen LogP contribution in [0.3, 0.4) is 0 Å². The van der Waals surface area contributed by atoms with Crippen LogP contribution in [0.5, 0.6) is 0 Å². The maximum absolute atomic E-state index is 11.2. The summed E-state index contributed by atoms with van der Waals surface area (Å²) >= 11 is 0. The minimum absolute atomic E-state index is 0.0400. The summed E-state index contributed by atoms with van der Waals surface area (Å²) in [6.07, 6.45) is 1.52. The Morgan fingerprint density at radius 3 is 2.56 bits per heavy atom. The number of carbonyl (C=O) groups is 1. The lowest BCUT2D eigenvalue weighted by Gasteiger charge is -2.09. The molecule has 0 unspecified atom stereocenters. The molecule has 1 aromatic heterocycles. The van der Waals surface area contributed by atoms with Crippen molar-refractivity contribution in [1.29, 1.82) is 0 Å². The van der Waals surface area contributed by atoms with Crippen LogP contribution in [0.1, 0.15) is 21.5 Å². The number of hydrogen-bond acceptors (Lipinski definition) is 3. The molecule has 0 radical (unpaired) electrons. The molecule has 3 N–H and O–H groups in total. The van der Waals surface area contributed by atoms with Gasteiger partial charge < -0.3 is 10.8 Å². The molecule has 0 saturated carbocycles. The Morgan fingerprint density at radius 1 is 1.22 bits per heavy atom. The van der Waals surface area contributed by atoms with Crippen molar-refractivity contribution >= 4 is 11.8 Å². The van der Waals surface area contributed by atoms with Gasteiger partial charge in [-0.3, -0.25) is 0 Å². The SMILES string of the molecule is Cc1ccc(-c2ccnc(N)c2C(=O)O)cc1C. The van der Waals surface area contributed by atoms with Gasteiger partial charge in [0.15, 0.2) is 0 Å². The number of carboxylic acid groups (broad SMARTS) is 1. The quantitative estimate of drug-likeness (QED) is 0.848. The molecule has 0 aliphatic rings. The van der Waals surface area contributed by atoms with Gasteiger partial charge in [0.1, 0.15) is 11.4 Å². The van der Waals surface area contributed by atoms with Gasteiger partial charge >= 0.3 is 5.97 Å². The van der Waals surface area contributed by atoms with Gasteiger partial charge in [0.25, 0.3) is 0 Å². The van der Waals surface area contributed by atoms with Crippen molar-refractivity contribution in [3.05, 3.63) is 47.2 Å². The summed E-state index contributed by atoms with van der Waals surface area (Å²) in [6.45, 7) is 4.00. The zero-order valence-electron chi connectivity index (χ0n) is 10.3. The number of carboxylic acids is 1. The molecular formula is C14H14N2O2. The minimum atomic E-state index is -1.06. The molecule has 4 nitrogen and oxygen atoms in total. The minimum Gasteiger partial charge on any atom is -0.478 e. The van der Waals surface area contributed by atoms with Crippen molar-refractivity contribution in [3.63, 3.8) is 0 Å². The molecule has 0 fully saturated rings. The van der Waals surface area contributed by atoms with E-state index in [0.717, 1.165) is 16.7 Å². The molecule has 2 rings (SSSR count). The first-order valence-electron chi connectivity index (χ1n) is 5.56. The number of aryl methyl sites for hydroxylation is 2. The molecule has 18 heavy (non-hydrogen) atoms. The Labute approximate surface area is 105 Å². The third-order valence-corrected chi connectivity index (χ3v) is 3.01. The van der Waals surface area contributed by atoms with E-state index in [1.807, 2.05) is 32.0 Å². The third kappa shape index (κ3) is 2.05. The van der Waals surface area contributed by atoms with E-state index in [1.54, 1.807) is 6.07 Å². The summed E-state index contributed by atoms with van der Waals surface area (Å²) in [4.78, 5) is 15.1. The molecule has 1 heterocycles. The van der Waals surface area contributed by atoms with Crippen LogP contribution in [0.15, 0.2) is 30.5 Å². The van der Waals surface area contributed by atoms with E-state index in [0.29, 0.717) is 5.56 Å². The largest absolute Gasteiger partial charge is 0.478 e. The molecule has 0 spiro atoms. The maximum atomic E-state index is 11.2. The van der Waals surface area contributed by atoms with Crippen LogP contribution < -0.4 is 5.73 Å². The Kier molecular flexibility index (Phi) is 3.02. The molecule has 1 aromatic carbocycles. The number of aromatic nitrogens is 1. The average Bonchev–Trinajstić information content (AvgIpc) is 2.32. The van der Waals surface area contributed by atoms with Gasteiger partial charge in [-0.1, -0.05) is 18.2 Å². The zero-order chi connectivity index (χ0) is 13.3. The first-order chi connectivity index (χ1) is 8.50. The van der Waals surface area contributed by atoms with Crippen LogP contribution in [-0.2, 0) is 0 Å². The lowest BCUT2D eigenvalue weighted by molar-refractivity contribution is 0.0698. The second-order valence-corrected chi connectivity index (χ2v) is 4.22. The fraction of sp³-hybridized carbons (Fsp3) is 0.143. The van der Waals surface area contributed by atoms with Crippen LogP contribution in [0.4, 0.5) is 5.82 Å². The van der Waals surface area contributed by atoms with Gasteiger partial charge in [0.05, 0.1) is 0 Å². The van der Waals surface area contributed by atoms with Crippen molar-refractivity contribution in [2.24, 2.45) is 0 Å². The van der Waals surface area contributed by atoms with Gasteiger partial charge in [0.2, 0.25) is 0 Å². The predicted molar refractivity (Wildman–Crippen MR) is 70.5 cm³/mol. The van der Waals surface area contributed by atoms with Crippen LogP contribution >= 0.6 is 0 Å². The summed E-state index contributed by atoms with van der Waals surface area (Å²) in [7, 11) is 0. The van der Waals surface area contributed by atoms with Crippen molar-refractivity contribution in [1.82, 2.24) is 4.98 Å². The highest BCUT2D eigenvalue weighted by molar-refractivity contribution is 6.00. The van der Waals surface area contributed by atoms with E-state index >= 15 is 0 Å². The smallest absolute Gasteiger partial charge is 0.340 e. The Hall–Kier alpha value is -2.36. The van der Waals surface area contributed by atoms with Crippen molar-refractivity contribution in [2.45, 2.75) is 13.8 Å². The number of nitrogens with two attached hydrogens (primary N) is 1. The summed E-state index contributed by atoms with van der Waals surface area (Å²) in [5.74, 6) is -1.02. The van der Waals surface area contributed by atoms with E-state index in [1.165, 1.54) is 6.20 Å². The topological polar surface area (TPSA) is 76.2 Å². The number of nitrogen functional groups attached to an aromatic ring is 1. The van der Waals surface area contributed by atoms with E-state index in [2.05, 4.69) is 4.98 Å². The van der Waals surface area contributed by atoms with Crippen molar-refractivity contribution in [2.75, 3.05) is 5.73 Å². The highest BCUT2D eigenvalue weighted by atomic mass is 16.4. The van der Waals surface area contributed by atoms with Gasteiger partial charge in [-0.25, -0.2) is 9.78 Å². The first kappa shape index (κ1) is 12.1. The molecule has 0 amide bonds. The molecule has 2 aromatic rings. The molecule has 0 saturated heterocycles. The highest BCUT2D eigenvalue weighted by Gasteiger charge is 2.16. The molecule has 0 atom stereocenters. The number of aromatic carboxylic acids is 1. The Bertz CT molecular complexity index is 621. The van der Waals surface area contributed by atoms with Crippen molar-refractivity contribution < 1.29 is 9.90 Å². The second kappa shape index (κ2) is 4.49. The number of anilines is 1. The Balaban J connectivity index is 2.67. The van der Waals surface area contributed by atoms with E-state index < -0.39 is 5.97 Å². The maximum Gasteiger partial charge on any atom is 0.340 e. The number of nitrogens with zero attached hydrogens (tertiary/aromatic N) is 1. The number of rotatable bonds is 2. The first-order valence-corrected chi connectivity index (χ1v) is 5.56. The fourth-order valence-corrected chi connectivity index (χ4v) is 1.85. The van der Waals surface area contributed by atoms with E-state index in [9.17, 15) is 9.90 Å². The number of pyridine rings is 1. The van der Waals surface area contributed by atoms with Gasteiger partial charge in [0, 0.05) is 11.8 Å². The lowest BCUT2D eigenvalue weighted by Crippen LogP contribution is -2.06. The van der Waals surface area contributed by atoms with Crippen LogP contribution in [0, 0.1) is 13.8 Å². The lowest BCUT2D eigenvalue weighted by atomic mass is 9.97. The Morgan fingerprint density at radius 2 is 1.94 bits per heavy atom. The second-order valence-electron chi connectivity index (χ2n) is 4.22. The van der Waals surface area contributed by atoms with E-state index in [-0.39, 0.29) is 11.4 Å². The number of hydrogen-bond donors (Lipinski definition) is 2. The normalized spacial score (nSPS) is 10.3. The van der Waals surface area contributed by atoms with Gasteiger partial charge in [-0.2, -0.15) is 0 Å². The van der Waals surface area contributed by atoms with Gasteiger partial charge in [-0.15, -0.1) is 0 Å². The summed E-state index contributed by atoms with van der Waals surface area (Å²) in [5, 5.41) is 9.21. The summed E-state index contributed by atoms with van der Waals surface area (Å²) < 4.78 is 0. The molecular weight excluding hydrogens is 228 g/mol. The molecule has 0 bridgehead atoms. The van der Waals surface area contributed by atoms with Crippen LogP contribution in [0.25, 0.3) is 11.1 Å². The molecule has 4 heteroatoms. The van der Waals surface area contributed by atoms with Gasteiger partial charge in [-0.05, 0) is 36.6 Å². The van der Waals surface area contributed by atoms with Crippen LogP contribution in [-0.4, -0.2) is 16.1 Å². The highest BCUT2D eigenvalue weighted by Crippen LogP contribution is 2.27. The number of benzene rings is 1. The summed E-state index contributed by atoms with van der Waals surface area (Å²) in [5.41, 5.74) is 9.40. The molecule has 92 valence electrons. The fourth-order valence-electron chi connectivity index (χ4n) is 1.85. The predicted octanol–water partition coefficient (Wildman–Crippen LogP) is 2.65. The summed E-state index contributed by atoms with van der Waals surface area (Å²) in [6, 6.07) is 7.48. The van der Waals surface area contributed by atoms with E-state index in [4.69, 9.17) is 5.73 Å². The van der Waals surface area contributed by atoms with Crippen molar-refractivity contribution in [3.8, 4) is 11.1 Å². The monoisotopic (exact) mass is 242 g/mol. The average molecular weight is 242 g/mol. The zero-order valence-corrected chi connectivity index (χ0v) is 10.3. The van der Waals surface area contributed by atoms with Crippen LogP contribution in [0.2, 0.25) is 0 Å². The third-order valence-electron chi connectivity index (χ3n) is 3.01. The molecule has 0 aliphatic heterocycles. The molecule has 0 aliphatic carbocycles.